The van der Waals surface area contributed by atoms with Crippen molar-refractivity contribution in [1.29, 1.82) is 0 Å². The molecular formula is C12H11F2N3O2S. The van der Waals surface area contributed by atoms with E-state index >= 15 is 0 Å². The van der Waals surface area contributed by atoms with Crippen molar-refractivity contribution in [2.24, 2.45) is 0 Å². The number of rotatable bonds is 3. The van der Waals surface area contributed by atoms with Gasteiger partial charge in [-0.2, -0.15) is 4.39 Å². The Morgan fingerprint density at radius 2 is 1.95 bits per heavy atom. The lowest BCUT2D eigenvalue weighted by atomic mass is 10.2. The third kappa shape index (κ3) is 2.85. The van der Waals surface area contributed by atoms with E-state index in [2.05, 4.69) is 9.71 Å². The van der Waals surface area contributed by atoms with E-state index in [1.807, 2.05) is 0 Å². The maximum Gasteiger partial charge on any atom is 0.264 e. The van der Waals surface area contributed by atoms with Crippen LogP contribution in [0.3, 0.4) is 0 Å². The molecule has 1 aromatic carbocycles. The summed E-state index contributed by atoms with van der Waals surface area (Å²) in [5, 5.41) is 0. The summed E-state index contributed by atoms with van der Waals surface area (Å²) in [5.41, 5.74) is 6.19. The van der Waals surface area contributed by atoms with Crippen LogP contribution in [0.15, 0.2) is 35.4 Å². The molecule has 0 aliphatic heterocycles. The van der Waals surface area contributed by atoms with E-state index in [9.17, 15) is 17.2 Å². The van der Waals surface area contributed by atoms with Crippen LogP contribution in [0.1, 0.15) is 5.56 Å². The molecule has 2 aromatic rings. The highest BCUT2D eigenvalue weighted by Gasteiger charge is 2.20. The average molecular weight is 299 g/mol. The summed E-state index contributed by atoms with van der Waals surface area (Å²) in [7, 11) is -4.16. The fraction of sp³-hybridized carbons (Fsp3) is 0.0833. The first-order chi connectivity index (χ1) is 9.29. The largest absolute Gasteiger partial charge is 0.398 e. The van der Waals surface area contributed by atoms with Crippen LogP contribution in [0.2, 0.25) is 0 Å². The summed E-state index contributed by atoms with van der Waals surface area (Å²) in [6.07, 6.45) is 0.988. The number of benzene rings is 1. The van der Waals surface area contributed by atoms with Gasteiger partial charge in [0.15, 0.2) is 0 Å². The van der Waals surface area contributed by atoms with Crippen molar-refractivity contribution in [3.63, 3.8) is 0 Å². The van der Waals surface area contributed by atoms with Gasteiger partial charge in [-0.1, -0.05) is 0 Å². The van der Waals surface area contributed by atoms with E-state index in [1.165, 1.54) is 6.07 Å². The first kappa shape index (κ1) is 14.2. The van der Waals surface area contributed by atoms with Crippen molar-refractivity contribution in [3.05, 3.63) is 47.8 Å². The zero-order valence-corrected chi connectivity index (χ0v) is 11.2. The van der Waals surface area contributed by atoms with E-state index in [0.717, 1.165) is 24.4 Å². The predicted molar refractivity (Wildman–Crippen MR) is 70.6 cm³/mol. The minimum Gasteiger partial charge on any atom is -0.398 e. The molecular weight excluding hydrogens is 288 g/mol. The van der Waals surface area contributed by atoms with Crippen molar-refractivity contribution in [2.75, 3.05) is 10.5 Å². The van der Waals surface area contributed by atoms with Gasteiger partial charge in [0.25, 0.3) is 10.0 Å². The van der Waals surface area contributed by atoms with Crippen molar-refractivity contribution in [3.8, 4) is 0 Å². The standard InChI is InChI=1S/C12H11F2N3O2S/c1-7-4-9(13)11(5-10(7)15)20(18,19)17-8-2-3-12(14)16-6-8/h2-6,17H,15H2,1H3. The number of nitrogens with zero attached hydrogens (tertiary/aromatic N) is 1. The molecule has 0 aliphatic carbocycles. The van der Waals surface area contributed by atoms with Crippen LogP contribution in [0.5, 0.6) is 0 Å². The van der Waals surface area contributed by atoms with Crippen LogP contribution in [0.25, 0.3) is 0 Å². The number of aryl methyl sites for hydroxylation is 1. The molecule has 5 nitrogen and oxygen atoms in total. The molecule has 2 rings (SSSR count). The van der Waals surface area contributed by atoms with Crippen LogP contribution in [0.4, 0.5) is 20.2 Å². The van der Waals surface area contributed by atoms with E-state index in [-0.39, 0.29) is 11.4 Å². The maximum atomic E-state index is 13.7. The first-order valence-electron chi connectivity index (χ1n) is 5.49. The number of nitrogens with one attached hydrogen (secondary N) is 1. The molecule has 0 amide bonds. The molecule has 3 N–H and O–H groups in total. The number of sulfonamides is 1. The number of hydrogen-bond donors (Lipinski definition) is 2. The molecule has 0 bridgehead atoms. The van der Waals surface area contributed by atoms with Gasteiger partial charge >= 0.3 is 0 Å². The topological polar surface area (TPSA) is 85.1 Å². The molecule has 0 saturated heterocycles. The van der Waals surface area contributed by atoms with Crippen molar-refractivity contribution < 1.29 is 17.2 Å². The summed E-state index contributed by atoms with van der Waals surface area (Å²) < 4.78 is 52.6. The zero-order chi connectivity index (χ0) is 14.9. The third-order valence-corrected chi connectivity index (χ3v) is 3.99. The molecule has 0 saturated carbocycles. The van der Waals surface area contributed by atoms with Crippen molar-refractivity contribution in [1.82, 2.24) is 4.98 Å². The number of halogens is 2. The Labute approximate surface area is 114 Å². The fourth-order valence-corrected chi connectivity index (χ4v) is 2.66. The number of aromatic nitrogens is 1. The highest BCUT2D eigenvalue weighted by molar-refractivity contribution is 7.92. The second-order valence-electron chi connectivity index (χ2n) is 4.11. The van der Waals surface area contributed by atoms with Gasteiger partial charge in [0.2, 0.25) is 5.95 Å². The predicted octanol–water partition coefficient (Wildman–Crippen LogP) is 2.05. The SMILES string of the molecule is Cc1cc(F)c(S(=O)(=O)Nc2ccc(F)nc2)cc1N. The molecule has 8 heteroatoms. The number of nitrogens with two attached hydrogens (primary N) is 1. The van der Waals surface area contributed by atoms with Crippen molar-refractivity contribution in [2.45, 2.75) is 11.8 Å². The molecule has 0 radical (unpaired) electrons. The highest BCUT2D eigenvalue weighted by Crippen LogP contribution is 2.23. The van der Waals surface area contributed by atoms with E-state index < -0.39 is 26.7 Å². The normalized spacial score (nSPS) is 11.3. The Kier molecular flexibility index (Phi) is 3.58. The minimum atomic E-state index is -4.16. The van der Waals surface area contributed by atoms with Crippen LogP contribution < -0.4 is 10.5 Å². The Morgan fingerprint density at radius 3 is 2.55 bits per heavy atom. The van der Waals surface area contributed by atoms with Crippen LogP contribution in [0, 0.1) is 18.7 Å². The molecule has 20 heavy (non-hydrogen) atoms. The summed E-state index contributed by atoms with van der Waals surface area (Å²) in [5.74, 6) is -1.67. The number of hydrogen-bond acceptors (Lipinski definition) is 4. The number of pyridine rings is 1. The highest BCUT2D eigenvalue weighted by atomic mass is 32.2. The van der Waals surface area contributed by atoms with Gasteiger partial charge in [-0.15, -0.1) is 0 Å². The van der Waals surface area contributed by atoms with E-state index in [4.69, 9.17) is 5.73 Å². The first-order valence-corrected chi connectivity index (χ1v) is 6.98. The third-order valence-electron chi connectivity index (χ3n) is 2.59. The molecule has 106 valence electrons. The van der Waals surface area contributed by atoms with Gasteiger partial charge < -0.3 is 5.73 Å². The quantitative estimate of drug-likeness (QED) is 0.671. The van der Waals surface area contributed by atoms with Gasteiger partial charge in [-0.3, -0.25) is 4.72 Å². The Morgan fingerprint density at radius 1 is 1.25 bits per heavy atom. The zero-order valence-electron chi connectivity index (χ0n) is 10.4. The van der Waals surface area contributed by atoms with Gasteiger partial charge in [0, 0.05) is 5.69 Å². The van der Waals surface area contributed by atoms with Crippen molar-refractivity contribution >= 4 is 21.4 Å². The lowest BCUT2D eigenvalue weighted by Crippen LogP contribution is -2.15. The second kappa shape index (κ2) is 5.04. The average Bonchev–Trinajstić information content (AvgIpc) is 2.36. The minimum absolute atomic E-state index is 0.0185. The van der Waals surface area contributed by atoms with Crippen LogP contribution >= 0.6 is 0 Å². The fourth-order valence-electron chi connectivity index (χ4n) is 1.52. The maximum absolute atomic E-state index is 13.7. The van der Waals surface area contributed by atoms with Crippen LogP contribution in [-0.4, -0.2) is 13.4 Å². The van der Waals surface area contributed by atoms with Gasteiger partial charge in [-0.05, 0) is 36.8 Å². The lowest BCUT2D eigenvalue weighted by molar-refractivity contribution is 0.569. The molecule has 1 heterocycles. The summed E-state index contributed by atoms with van der Waals surface area (Å²) in [4.78, 5) is 2.72. The van der Waals surface area contributed by atoms with Gasteiger partial charge in [0.05, 0.1) is 11.9 Å². The second-order valence-corrected chi connectivity index (χ2v) is 5.77. The molecule has 0 fully saturated rings. The summed E-state index contributed by atoms with van der Waals surface area (Å²) >= 11 is 0. The Bertz CT molecular complexity index is 746. The smallest absolute Gasteiger partial charge is 0.264 e. The molecule has 0 aliphatic rings. The number of anilines is 2. The summed E-state index contributed by atoms with van der Waals surface area (Å²) in [6.45, 7) is 1.56. The van der Waals surface area contributed by atoms with Gasteiger partial charge in [0.1, 0.15) is 10.7 Å². The number of nitrogen functional groups attached to an aromatic ring is 1. The molecule has 0 atom stereocenters. The van der Waals surface area contributed by atoms with E-state index in [0.29, 0.717) is 5.56 Å². The van der Waals surface area contributed by atoms with Gasteiger partial charge in [-0.25, -0.2) is 17.8 Å². The molecule has 1 aromatic heterocycles. The summed E-state index contributed by atoms with van der Waals surface area (Å²) in [6, 6.07) is 4.23. The van der Waals surface area contributed by atoms with E-state index in [1.54, 1.807) is 6.92 Å². The Balaban J connectivity index is 2.40. The molecule has 0 spiro atoms. The monoisotopic (exact) mass is 299 g/mol. The molecule has 0 unspecified atom stereocenters. The Hall–Kier alpha value is -2.22. The lowest BCUT2D eigenvalue weighted by Gasteiger charge is -2.10. The van der Waals surface area contributed by atoms with Crippen LogP contribution in [-0.2, 0) is 10.0 Å².